The number of fused-ring (bicyclic) bond motifs is 1. The predicted molar refractivity (Wildman–Crippen MR) is 114 cm³/mol. The lowest BCUT2D eigenvalue weighted by Gasteiger charge is -2.37. The van der Waals surface area contributed by atoms with Crippen molar-refractivity contribution in [1.82, 2.24) is 0 Å². The van der Waals surface area contributed by atoms with Crippen LogP contribution in [0, 0.1) is 11.8 Å². The summed E-state index contributed by atoms with van der Waals surface area (Å²) in [5, 5.41) is 11.0. The van der Waals surface area contributed by atoms with Crippen LogP contribution in [-0.4, -0.2) is 5.11 Å². The minimum atomic E-state index is 0.311. The first-order valence-corrected chi connectivity index (χ1v) is 11.2. The number of unbranched alkanes of at least 4 members (excludes halogenated alkanes) is 2. The molecule has 0 saturated heterocycles. The zero-order valence-corrected chi connectivity index (χ0v) is 18.0. The smallest absolute Gasteiger partial charge is 0.134 e. The van der Waals surface area contributed by atoms with Gasteiger partial charge in [0, 0.05) is 17.9 Å². The van der Waals surface area contributed by atoms with E-state index in [0.29, 0.717) is 29.4 Å². The highest BCUT2D eigenvalue weighted by Gasteiger charge is 2.36. The maximum atomic E-state index is 11.0. The van der Waals surface area contributed by atoms with Crippen molar-refractivity contribution in [3.05, 3.63) is 34.6 Å². The van der Waals surface area contributed by atoms with Crippen LogP contribution < -0.4 is 4.74 Å². The SMILES string of the molecule is CCCCCC(C)C(C)c1cc(O)c2c(c1)OC1=C(C(C)CCC1)C2CC. The molecular weight excluding hydrogens is 332 g/mol. The Bertz CT molecular complexity index is 688. The maximum absolute atomic E-state index is 11.0. The molecule has 0 spiro atoms. The van der Waals surface area contributed by atoms with E-state index in [-0.39, 0.29) is 0 Å². The van der Waals surface area contributed by atoms with E-state index in [0.717, 1.165) is 24.2 Å². The lowest BCUT2D eigenvalue weighted by molar-refractivity contribution is 0.311. The molecule has 27 heavy (non-hydrogen) atoms. The third-order valence-corrected chi connectivity index (χ3v) is 7.04. The Morgan fingerprint density at radius 1 is 1.19 bits per heavy atom. The van der Waals surface area contributed by atoms with Gasteiger partial charge in [-0.05, 0) is 60.3 Å². The molecule has 2 heteroatoms. The standard InChI is InChI=1S/C25H38O2/c1-6-8-9-11-16(3)18(5)19-14-21(26)25-20(7-2)24-17(4)12-10-13-22(24)27-23(25)15-19/h14-18,20,26H,6-13H2,1-5H3. The number of aromatic hydroxyl groups is 1. The predicted octanol–water partition coefficient (Wildman–Crippen LogP) is 7.67. The number of hydrogen-bond acceptors (Lipinski definition) is 2. The van der Waals surface area contributed by atoms with Crippen molar-refractivity contribution in [1.29, 1.82) is 0 Å². The van der Waals surface area contributed by atoms with E-state index in [1.54, 1.807) is 0 Å². The highest BCUT2D eigenvalue weighted by Crippen LogP contribution is 2.52. The Balaban J connectivity index is 1.90. The van der Waals surface area contributed by atoms with Crippen LogP contribution in [0.2, 0.25) is 0 Å². The Kier molecular flexibility index (Phi) is 6.55. The normalized spacial score (nSPS) is 24.0. The number of benzene rings is 1. The molecule has 2 aliphatic rings. The van der Waals surface area contributed by atoms with Gasteiger partial charge in [0.05, 0.1) is 0 Å². The fraction of sp³-hybridized carbons (Fsp3) is 0.680. The molecule has 1 aromatic rings. The molecule has 3 rings (SSSR count). The van der Waals surface area contributed by atoms with E-state index < -0.39 is 0 Å². The van der Waals surface area contributed by atoms with Crippen molar-refractivity contribution in [2.45, 2.75) is 97.8 Å². The van der Waals surface area contributed by atoms with Crippen molar-refractivity contribution in [3.8, 4) is 11.5 Å². The van der Waals surface area contributed by atoms with Gasteiger partial charge in [-0.2, -0.15) is 0 Å². The fourth-order valence-electron chi connectivity index (χ4n) is 5.13. The molecule has 1 aliphatic carbocycles. The van der Waals surface area contributed by atoms with Gasteiger partial charge < -0.3 is 9.84 Å². The summed E-state index contributed by atoms with van der Waals surface area (Å²) in [6.07, 6.45) is 9.63. The van der Waals surface area contributed by atoms with Gasteiger partial charge in [0.1, 0.15) is 17.3 Å². The van der Waals surface area contributed by atoms with Gasteiger partial charge in [0.25, 0.3) is 0 Å². The summed E-state index contributed by atoms with van der Waals surface area (Å²) in [6.45, 7) is 11.4. The molecule has 150 valence electrons. The van der Waals surface area contributed by atoms with Gasteiger partial charge in [0.15, 0.2) is 0 Å². The van der Waals surface area contributed by atoms with Crippen LogP contribution in [0.1, 0.15) is 109 Å². The maximum Gasteiger partial charge on any atom is 0.134 e. The van der Waals surface area contributed by atoms with Gasteiger partial charge in [0.2, 0.25) is 0 Å². The monoisotopic (exact) mass is 370 g/mol. The van der Waals surface area contributed by atoms with Crippen LogP contribution in [0.25, 0.3) is 0 Å². The first-order chi connectivity index (χ1) is 13.0. The van der Waals surface area contributed by atoms with Gasteiger partial charge in [-0.3, -0.25) is 0 Å². The van der Waals surface area contributed by atoms with Gasteiger partial charge >= 0.3 is 0 Å². The number of rotatable bonds is 7. The molecule has 4 atom stereocenters. The molecule has 1 heterocycles. The van der Waals surface area contributed by atoms with Crippen LogP contribution in [0.3, 0.4) is 0 Å². The van der Waals surface area contributed by atoms with Gasteiger partial charge in [-0.25, -0.2) is 0 Å². The molecule has 0 saturated carbocycles. The first kappa shape index (κ1) is 20.3. The van der Waals surface area contributed by atoms with Crippen molar-refractivity contribution in [2.75, 3.05) is 0 Å². The van der Waals surface area contributed by atoms with Crippen LogP contribution in [-0.2, 0) is 0 Å². The lowest BCUT2D eigenvalue weighted by Crippen LogP contribution is -2.23. The molecule has 4 unspecified atom stereocenters. The van der Waals surface area contributed by atoms with E-state index in [1.165, 1.54) is 55.4 Å². The highest BCUT2D eigenvalue weighted by molar-refractivity contribution is 5.56. The molecule has 2 nitrogen and oxygen atoms in total. The topological polar surface area (TPSA) is 29.5 Å². The molecule has 1 aromatic carbocycles. The number of hydrogen-bond donors (Lipinski definition) is 1. The average Bonchev–Trinajstić information content (AvgIpc) is 2.65. The van der Waals surface area contributed by atoms with Crippen LogP contribution in [0.5, 0.6) is 11.5 Å². The third-order valence-electron chi connectivity index (χ3n) is 7.04. The van der Waals surface area contributed by atoms with E-state index in [1.807, 2.05) is 6.07 Å². The van der Waals surface area contributed by atoms with Crippen molar-refractivity contribution >= 4 is 0 Å². The summed E-state index contributed by atoms with van der Waals surface area (Å²) >= 11 is 0. The molecule has 1 N–H and O–H groups in total. The number of phenols is 1. The van der Waals surface area contributed by atoms with Gasteiger partial charge in [-0.1, -0.05) is 60.3 Å². The van der Waals surface area contributed by atoms with Crippen LogP contribution in [0.15, 0.2) is 23.5 Å². The molecule has 1 aliphatic heterocycles. The van der Waals surface area contributed by atoms with Gasteiger partial charge in [-0.15, -0.1) is 0 Å². The zero-order valence-electron chi connectivity index (χ0n) is 18.0. The Morgan fingerprint density at radius 3 is 2.67 bits per heavy atom. The molecular formula is C25H38O2. The Labute approximate surface area is 166 Å². The van der Waals surface area contributed by atoms with Crippen molar-refractivity contribution in [3.63, 3.8) is 0 Å². The molecule has 0 aromatic heterocycles. The summed E-state index contributed by atoms with van der Waals surface area (Å²) < 4.78 is 6.41. The van der Waals surface area contributed by atoms with E-state index in [2.05, 4.69) is 40.7 Å². The first-order valence-electron chi connectivity index (χ1n) is 11.2. The molecule has 0 fully saturated rings. The highest BCUT2D eigenvalue weighted by atomic mass is 16.5. The summed E-state index contributed by atoms with van der Waals surface area (Å²) in [6, 6.07) is 4.24. The second-order valence-electron chi connectivity index (χ2n) is 8.95. The van der Waals surface area contributed by atoms with E-state index in [4.69, 9.17) is 4.74 Å². The van der Waals surface area contributed by atoms with E-state index in [9.17, 15) is 5.11 Å². The molecule has 0 amide bonds. The van der Waals surface area contributed by atoms with E-state index >= 15 is 0 Å². The minimum absolute atomic E-state index is 0.311. The zero-order chi connectivity index (χ0) is 19.6. The summed E-state index contributed by atoms with van der Waals surface area (Å²) in [7, 11) is 0. The third kappa shape index (κ3) is 4.05. The van der Waals surface area contributed by atoms with Crippen molar-refractivity contribution < 1.29 is 9.84 Å². The second kappa shape index (κ2) is 8.71. The Hall–Kier alpha value is -1.44. The summed E-state index contributed by atoms with van der Waals surface area (Å²) in [5.41, 5.74) is 3.69. The molecule has 0 radical (unpaired) electrons. The fourth-order valence-corrected chi connectivity index (χ4v) is 5.13. The average molecular weight is 371 g/mol. The summed E-state index contributed by atoms with van der Waals surface area (Å²) in [4.78, 5) is 0. The number of phenolic OH excluding ortho intramolecular Hbond substituents is 1. The summed E-state index contributed by atoms with van der Waals surface area (Å²) in [5.74, 6) is 4.46. The van der Waals surface area contributed by atoms with Crippen LogP contribution >= 0.6 is 0 Å². The largest absolute Gasteiger partial charge is 0.507 e. The second-order valence-corrected chi connectivity index (χ2v) is 8.95. The Morgan fingerprint density at radius 2 is 1.96 bits per heavy atom. The van der Waals surface area contributed by atoms with Crippen molar-refractivity contribution in [2.24, 2.45) is 11.8 Å². The molecule has 0 bridgehead atoms. The van der Waals surface area contributed by atoms with Crippen LogP contribution in [0.4, 0.5) is 0 Å². The number of allylic oxidation sites excluding steroid dienone is 2. The minimum Gasteiger partial charge on any atom is -0.507 e. The lowest BCUT2D eigenvalue weighted by atomic mass is 9.74. The quantitative estimate of drug-likeness (QED) is 0.499. The number of ether oxygens (including phenoxy) is 1.